The summed E-state index contributed by atoms with van der Waals surface area (Å²) in [4.78, 5) is 38.2. The zero-order valence-electron chi connectivity index (χ0n) is 46.3. The number of rotatable bonds is 54. The number of carbonyl (C=O) groups is 3. The van der Waals surface area contributed by atoms with Crippen molar-refractivity contribution in [1.82, 2.24) is 0 Å². The van der Waals surface area contributed by atoms with E-state index in [1.807, 2.05) is 0 Å². The van der Waals surface area contributed by atoms with E-state index >= 15 is 0 Å². The first-order chi connectivity index (χ1) is 34.5. The van der Waals surface area contributed by atoms with Crippen LogP contribution in [-0.4, -0.2) is 37.2 Å². The summed E-state index contributed by atoms with van der Waals surface area (Å²) in [5.41, 5.74) is 0. The van der Waals surface area contributed by atoms with Crippen LogP contribution in [0.15, 0.2) is 72.9 Å². The molecule has 0 aromatic carbocycles. The minimum absolute atomic E-state index is 0.0847. The maximum Gasteiger partial charge on any atom is 0.306 e. The van der Waals surface area contributed by atoms with Gasteiger partial charge < -0.3 is 14.2 Å². The van der Waals surface area contributed by atoms with Crippen LogP contribution in [0.2, 0.25) is 0 Å². The van der Waals surface area contributed by atoms with Gasteiger partial charge in [0.05, 0.1) is 0 Å². The zero-order chi connectivity index (χ0) is 50.7. The fourth-order valence-electron chi connectivity index (χ4n) is 8.42. The van der Waals surface area contributed by atoms with E-state index in [0.29, 0.717) is 19.3 Å². The topological polar surface area (TPSA) is 78.9 Å². The van der Waals surface area contributed by atoms with Gasteiger partial charge in [-0.15, -0.1) is 0 Å². The fraction of sp³-hybridized carbons (Fsp3) is 0.766. The van der Waals surface area contributed by atoms with Gasteiger partial charge in [0, 0.05) is 19.3 Å². The fourth-order valence-corrected chi connectivity index (χ4v) is 8.42. The lowest BCUT2D eigenvalue weighted by Crippen LogP contribution is -2.30. The van der Waals surface area contributed by atoms with Crippen LogP contribution in [0.1, 0.15) is 297 Å². The van der Waals surface area contributed by atoms with Crippen molar-refractivity contribution in [2.75, 3.05) is 13.2 Å². The third kappa shape index (κ3) is 55.8. The molecule has 6 nitrogen and oxygen atoms in total. The SMILES string of the molecule is CC/C=C\C/C=C\C/C=C\C/C=C\CCCCCCCCC(=O)OCC(COC(=O)CCCCCCCCC/C=C\CCCCCC)OC(=O)CCCCCCC/C=C\CCCCCCCCCCC. The highest BCUT2D eigenvalue weighted by Crippen LogP contribution is 2.15. The van der Waals surface area contributed by atoms with Crippen molar-refractivity contribution < 1.29 is 28.6 Å². The van der Waals surface area contributed by atoms with Gasteiger partial charge in [0.25, 0.3) is 0 Å². The van der Waals surface area contributed by atoms with Gasteiger partial charge in [-0.1, -0.05) is 241 Å². The second-order valence-corrected chi connectivity index (χ2v) is 19.9. The number of allylic oxidation sites excluding steroid dienone is 12. The molecule has 404 valence electrons. The van der Waals surface area contributed by atoms with Crippen molar-refractivity contribution in [1.29, 1.82) is 0 Å². The molecule has 0 bridgehead atoms. The Kier molecular flexibility index (Phi) is 55.8. The van der Waals surface area contributed by atoms with Crippen LogP contribution in [0.25, 0.3) is 0 Å². The zero-order valence-corrected chi connectivity index (χ0v) is 46.3. The Morgan fingerprint density at radius 1 is 0.300 bits per heavy atom. The van der Waals surface area contributed by atoms with Crippen LogP contribution in [-0.2, 0) is 28.6 Å². The molecule has 1 atom stereocenters. The van der Waals surface area contributed by atoms with E-state index in [1.165, 1.54) is 154 Å². The van der Waals surface area contributed by atoms with Gasteiger partial charge in [-0.3, -0.25) is 14.4 Å². The summed E-state index contributed by atoms with van der Waals surface area (Å²) in [5.74, 6) is -0.901. The average molecular weight is 978 g/mol. The van der Waals surface area contributed by atoms with Crippen molar-refractivity contribution in [2.45, 2.75) is 303 Å². The Hall–Kier alpha value is -3.15. The van der Waals surface area contributed by atoms with Gasteiger partial charge in [0.15, 0.2) is 6.10 Å². The van der Waals surface area contributed by atoms with Crippen molar-refractivity contribution in [3.05, 3.63) is 72.9 Å². The highest BCUT2D eigenvalue weighted by Gasteiger charge is 2.19. The van der Waals surface area contributed by atoms with Gasteiger partial charge in [-0.25, -0.2) is 0 Å². The Morgan fingerprint density at radius 2 is 0.557 bits per heavy atom. The van der Waals surface area contributed by atoms with Crippen LogP contribution in [0.3, 0.4) is 0 Å². The summed E-state index contributed by atoms with van der Waals surface area (Å²) < 4.78 is 16.9. The van der Waals surface area contributed by atoms with Gasteiger partial charge >= 0.3 is 17.9 Å². The lowest BCUT2D eigenvalue weighted by Gasteiger charge is -2.18. The molecule has 0 radical (unpaired) electrons. The molecular formula is C64H112O6. The number of esters is 3. The minimum Gasteiger partial charge on any atom is -0.462 e. The molecule has 70 heavy (non-hydrogen) atoms. The first-order valence-corrected chi connectivity index (χ1v) is 29.9. The molecule has 0 rings (SSSR count). The van der Waals surface area contributed by atoms with E-state index in [4.69, 9.17) is 14.2 Å². The molecule has 0 saturated carbocycles. The molecule has 6 heteroatoms. The van der Waals surface area contributed by atoms with Gasteiger partial charge in [0.2, 0.25) is 0 Å². The quantitative estimate of drug-likeness (QED) is 0.0261. The first kappa shape index (κ1) is 66.9. The molecule has 0 spiro atoms. The molecule has 0 aromatic rings. The minimum atomic E-state index is -0.788. The van der Waals surface area contributed by atoms with E-state index in [-0.39, 0.29) is 31.1 Å². The van der Waals surface area contributed by atoms with Crippen LogP contribution in [0, 0.1) is 0 Å². The first-order valence-electron chi connectivity index (χ1n) is 29.9. The number of hydrogen-bond acceptors (Lipinski definition) is 6. The van der Waals surface area contributed by atoms with Crippen LogP contribution >= 0.6 is 0 Å². The monoisotopic (exact) mass is 977 g/mol. The Balaban J connectivity index is 4.41. The van der Waals surface area contributed by atoms with Crippen molar-refractivity contribution in [3.63, 3.8) is 0 Å². The molecule has 0 saturated heterocycles. The standard InChI is InChI=1S/C64H112O6/c1-4-7-10-13-16-19-22-25-28-30-32-34-36-39-42-45-48-51-54-57-63(66)69-60-61(59-68-62(65)56-53-50-47-44-41-38-35-27-24-21-18-15-12-9-6-3)70-64(67)58-55-52-49-46-43-40-37-33-31-29-26-23-20-17-14-11-8-5-2/h7,10,16,19,21,24-25,28,32-34,37,61H,4-6,8-9,11-15,17-18,20,22-23,26-27,29-31,35-36,38-60H2,1-3H3/b10-7-,19-16-,24-21-,28-25-,34-32-,37-33-. The molecule has 0 amide bonds. The van der Waals surface area contributed by atoms with E-state index < -0.39 is 6.10 Å². The predicted octanol–water partition coefficient (Wildman–Crippen LogP) is 20.2. The van der Waals surface area contributed by atoms with E-state index in [2.05, 4.69) is 93.7 Å². The molecular weight excluding hydrogens is 865 g/mol. The van der Waals surface area contributed by atoms with Crippen molar-refractivity contribution in [2.24, 2.45) is 0 Å². The van der Waals surface area contributed by atoms with Gasteiger partial charge in [0.1, 0.15) is 13.2 Å². The van der Waals surface area contributed by atoms with Gasteiger partial charge in [-0.2, -0.15) is 0 Å². The smallest absolute Gasteiger partial charge is 0.306 e. The van der Waals surface area contributed by atoms with E-state index in [9.17, 15) is 14.4 Å². The Bertz CT molecular complexity index is 1310. The molecule has 0 aliphatic rings. The Labute approximate surface area is 433 Å². The van der Waals surface area contributed by atoms with Crippen molar-refractivity contribution in [3.8, 4) is 0 Å². The largest absolute Gasteiger partial charge is 0.462 e. The summed E-state index contributed by atoms with van der Waals surface area (Å²) in [6, 6.07) is 0. The Morgan fingerprint density at radius 3 is 0.900 bits per heavy atom. The molecule has 0 fully saturated rings. The molecule has 0 aliphatic carbocycles. The van der Waals surface area contributed by atoms with Gasteiger partial charge in [-0.05, 0) is 109 Å². The summed E-state index contributed by atoms with van der Waals surface area (Å²) in [7, 11) is 0. The number of hydrogen-bond donors (Lipinski definition) is 0. The van der Waals surface area contributed by atoms with E-state index in [1.54, 1.807) is 0 Å². The molecule has 0 heterocycles. The van der Waals surface area contributed by atoms with E-state index in [0.717, 1.165) is 103 Å². The number of unbranched alkanes of at least 4 members (excludes halogenated alkanes) is 31. The molecule has 0 aliphatic heterocycles. The maximum atomic E-state index is 12.9. The molecule has 1 unspecified atom stereocenters. The second-order valence-electron chi connectivity index (χ2n) is 19.9. The average Bonchev–Trinajstić information content (AvgIpc) is 3.36. The summed E-state index contributed by atoms with van der Waals surface area (Å²) in [6.45, 7) is 6.52. The predicted molar refractivity (Wildman–Crippen MR) is 302 cm³/mol. The third-order valence-corrected chi connectivity index (χ3v) is 12.9. The van der Waals surface area contributed by atoms with Crippen LogP contribution in [0.5, 0.6) is 0 Å². The molecule has 0 N–H and O–H groups in total. The van der Waals surface area contributed by atoms with Crippen molar-refractivity contribution >= 4 is 17.9 Å². The molecule has 0 aromatic heterocycles. The normalized spacial score (nSPS) is 12.6. The highest BCUT2D eigenvalue weighted by molar-refractivity contribution is 5.71. The number of carbonyl (C=O) groups excluding carboxylic acids is 3. The number of ether oxygens (including phenoxy) is 3. The lowest BCUT2D eigenvalue weighted by molar-refractivity contribution is -0.167. The third-order valence-electron chi connectivity index (χ3n) is 12.9. The van der Waals surface area contributed by atoms with Crippen LogP contribution in [0.4, 0.5) is 0 Å². The maximum absolute atomic E-state index is 12.9. The summed E-state index contributed by atoms with van der Waals surface area (Å²) in [5, 5.41) is 0. The lowest BCUT2D eigenvalue weighted by atomic mass is 10.1. The summed E-state index contributed by atoms with van der Waals surface area (Å²) >= 11 is 0. The highest BCUT2D eigenvalue weighted by atomic mass is 16.6. The second kappa shape index (κ2) is 58.4. The summed E-state index contributed by atoms with van der Waals surface area (Å²) in [6.07, 6.45) is 74.6. The van der Waals surface area contributed by atoms with Crippen LogP contribution < -0.4 is 0 Å².